The molecule has 45 heavy (non-hydrogen) atoms. The molecule has 1 N–H and O–H groups in total. The molecule has 3 spiro atoms. The van der Waals surface area contributed by atoms with Gasteiger partial charge in [-0.3, -0.25) is 9.69 Å². The van der Waals surface area contributed by atoms with Crippen LogP contribution < -0.4 is 0 Å². The minimum absolute atomic E-state index is 0.0340. The van der Waals surface area contributed by atoms with Crippen LogP contribution in [0.2, 0.25) is 0 Å². The Balaban J connectivity index is 1.16. The number of hydrogen-bond donors (Lipinski definition) is 1. The highest BCUT2D eigenvalue weighted by molar-refractivity contribution is 7.21. The molecular weight excluding hydrogens is 578 g/mol. The van der Waals surface area contributed by atoms with E-state index in [2.05, 4.69) is 62.4 Å². The van der Waals surface area contributed by atoms with E-state index in [1.54, 1.807) is 11.3 Å². The van der Waals surface area contributed by atoms with Crippen LogP contribution in [0.25, 0.3) is 10.1 Å². The molecule has 2 aromatic carbocycles. The number of aliphatic hydroxyl groups excluding tert-OH is 1. The van der Waals surface area contributed by atoms with E-state index < -0.39 is 11.0 Å². The number of hydrogen-bond acceptors (Lipinski definition) is 5. The third kappa shape index (κ3) is 3.48. The lowest BCUT2D eigenvalue weighted by Gasteiger charge is -2.71. The topological polar surface area (TPSA) is 66.8 Å². The van der Waals surface area contributed by atoms with E-state index in [9.17, 15) is 14.7 Å². The normalized spacial score (nSPS) is 41.1. The van der Waals surface area contributed by atoms with Gasteiger partial charge in [0.25, 0.3) is 0 Å². The Kier molecular flexibility index (Phi) is 5.73. The monoisotopic (exact) mass is 619 g/mol. The number of ether oxygens (including phenoxy) is 1. The van der Waals surface area contributed by atoms with E-state index in [-0.39, 0.29) is 40.1 Å². The first-order valence-electron chi connectivity index (χ1n) is 16.8. The Labute approximate surface area is 269 Å². The van der Waals surface area contributed by atoms with Gasteiger partial charge in [0.15, 0.2) is 5.78 Å². The lowest BCUT2D eigenvalue weighted by Crippen LogP contribution is -2.67. The maximum absolute atomic E-state index is 14.9. The summed E-state index contributed by atoms with van der Waals surface area (Å²) in [6.45, 7) is 5.96. The molecule has 6 heteroatoms. The Bertz CT molecular complexity index is 1780. The van der Waals surface area contributed by atoms with Crippen LogP contribution in [0.1, 0.15) is 74.0 Å². The van der Waals surface area contributed by atoms with E-state index in [1.807, 2.05) is 35.2 Å². The molecule has 232 valence electrons. The number of carbonyl (C=O) groups excluding carboxylic acids is 2. The molecule has 10 rings (SSSR count). The van der Waals surface area contributed by atoms with Crippen LogP contribution in [0.4, 0.5) is 4.79 Å². The number of aliphatic hydroxyl groups is 1. The molecule has 1 amide bonds. The van der Waals surface area contributed by atoms with Gasteiger partial charge < -0.3 is 9.84 Å². The fourth-order valence-electron chi connectivity index (χ4n) is 11.5. The van der Waals surface area contributed by atoms with Crippen molar-refractivity contribution in [2.75, 3.05) is 6.54 Å². The number of amides is 1. The summed E-state index contributed by atoms with van der Waals surface area (Å²) in [5, 5.41) is 12.1. The molecule has 8 atom stereocenters. The van der Waals surface area contributed by atoms with Gasteiger partial charge in [0.2, 0.25) is 0 Å². The van der Waals surface area contributed by atoms with E-state index in [0.29, 0.717) is 25.4 Å². The summed E-state index contributed by atoms with van der Waals surface area (Å²) in [6.07, 6.45) is 12.7. The summed E-state index contributed by atoms with van der Waals surface area (Å²) in [7, 11) is 0. The van der Waals surface area contributed by atoms with Gasteiger partial charge in [-0.25, -0.2) is 4.79 Å². The predicted octanol–water partition coefficient (Wildman–Crippen LogP) is 8.34. The standard InChI is InChI=1S/C39H41NO4S/c1-35-15-12-27(41)21-37(35)18-19-39(28(22-37)33(42)30-20-26-10-6-7-11-29(26)45-30)31(35)13-16-36(2)32(39)14-17-38(36)24-40(34(43)44-38)23-25-8-4-3-5-9-25/h3-11,18-20,22,27,31-32,41H,12-17,21,23-24H2,1-2H3. The Morgan fingerprint density at radius 2 is 1.69 bits per heavy atom. The third-order valence-electron chi connectivity index (χ3n) is 13.8. The third-order valence-corrected chi connectivity index (χ3v) is 14.9. The van der Waals surface area contributed by atoms with Crippen LogP contribution in [0.3, 0.4) is 0 Å². The fraction of sp³-hybridized carbons (Fsp3) is 0.487. The van der Waals surface area contributed by atoms with E-state index in [4.69, 9.17) is 4.74 Å². The SMILES string of the molecule is CC12CCC(O)CC13C=CC1(C(C(=O)c4cc5ccccc5s4)=C3)C2CCC2(C)C1CCC21CN(Cc2ccccc2)C(=O)O1. The summed E-state index contributed by atoms with van der Waals surface area (Å²) in [5.74, 6) is 0.619. The van der Waals surface area contributed by atoms with Crippen LogP contribution >= 0.6 is 11.3 Å². The van der Waals surface area contributed by atoms with Crippen molar-refractivity contribution in [3.63, 3.8) is 0 Å². The number of carbonyl (C=O) groups is 2. The van der Waals surface area contributed by atoms with Crippen molar-refractivity contribution in [1.82, 2.24) is 4.90 Å². The van der Waals surface area contributed by atoms with Gasteiger partial charge in [0, 0.05) is 33.1 Å². The molecule has 2 bridgehead atoms. The second kappa shape index (κ2) is 9.19. The van der Waals surface area contributed by atoms with Gasteiger partial charge in [0.05, 0.1) is 17.5 Å². The van der Waals surface area contributed by atoms with Crippen molar-refractivity contribution < 1.29 is 19.4 Å². The summed E-state index contributed by atoms with van der Waals surface area (Å²) >= 11 is 1.59. The molecule has 6 aliphatic carbocycles. The van der Waals surface area contributed by atoms with Gasteiger partial charge in [-0.05, 0) is 85.3 Å². The molecule has 1 aliphatic heterocycles. The van der Waals surface area contributed by atoms with Gasteiger partial charge in [-0.2, -0.15) is 0 Å². The van der Waals surface area contributed by atoms with Crippen LogP contribution in [-0.4, -0.2) is 40.1 Å². The summed E-state index contributed by atoms with van der Waals surface area (Å²) in [4.78, 5) is 31.1. The zero-order chi connectivity index (χ0) is 30.8. The van der Waals surface area contributed by atoms with Crippen molar-refractivity contribution >= 4 is 33.3 Å². The molecule has 2 heterocycles. The number of allylic oxidation sites excluding steroid dienone is 4. The lowest BCUT2D eigenvalue weighted by atomic mass is 9.32. The van der Waals surface area contributed by atoms with Crippen molar-refractivity contribution in [1.29, 1.82) is 0 Å². The first-order chi connectivity index (χ1) is 21.6. The van der Waals surface area contributed by atoms with Crippen molar-refractivity contribution in [3.8, 4) is 0 Å². The van der Waals surface area contributed by atoms with Gasteiger partial charge in [-0.15, -0.1) is 11.3 Å². The first kappa shape index (κ1) is 28.0. The Morgan fingerprint density at radius 3 is 2.51 bits per heavy atom. The smallest absolute Gasteiger partial charge is 0.410 e. The van der Waals surface area contributed by atoms with Crippen LogP contribution in [0, 0.1) is 33.5 Å². The molecule has 3 saturated carbocycles. The largest absolute Gasteiger partial charge is 0.440 e. The second-order valence-corrected chi connectivity index (χ2v) is 16.5. The summed E-state index contributed by atoms with van der Waals surface area (Å²) in [5.41, 5.74) is 0.421. The Hall–Kier alpha value is -3.22. The van der Waals surface area contributed by atoms with Crippen LogP contribution in [-0.2, 0) is 11.3 Å². The number of thiophene rings is 1. The average molecular weight is 620 g/mol. The summed E-state index contributed by atoms with van der Waals surface area (Å²) < 4.78 is 7.67. The lowest BCUT2D eigenvalue weighted by molar-refractivity contribution is -0.164. The van der Waals surface area contributed by atoms with Crippen LogP contribution in [0.5, 0.6) is 0 Å². The highest BCUT2D eigenvalue weighted by Crippen LogP contribution is 2.79. The van der Waals surface area contributed by atoms with Crippen molar-refractivity contribution in [2.45, 2.75) is 77.0 Å². The molecule has 8 unspecified atom stereocenters. The maximum atomic E-state index is 14.9. The molecule has 1 aromatic heterocycles. The van der Waals surface area contributed by atoms with Crippen molar-refractivity contribution in [3.05, 3.63) is 94.9 Å². The number of ketones is 1. The van der Waals surface area contributed by atoms with Gasteiger partial charge in [-0.1, -0.05) is 80.6 Å². The zero-order valence-electron chi connectivity index (χ0n) is 26.1. The molecule has 1 saturated heterocycles. The van der Waals surface area contributed by atoms with Crippen LogP contribution in [0.15, 0.2) is 84.5 Å². The highest BCUT2D eigenvalue weighted by atomic mass is 32.1. The molecule has 5 nitrogen and oxygen atoms in total. The molecular formula is C39H41NO4S. The highest BCUT2D eigenvalue weighted by Gasteiger charge is 2.76. The fourth-order valence-corrected chi connectivity index (χ4v) is 12.6. The Morgan fingerprint density at radius 1 is 0.956 bits per heavy atom. The van der Waals surface area contributed by atoms with E-state index in [1.165, 1.54) is 0 Å². The molecule has 3 aromatic rings. The molecule has 4 fully saturated rings. The number of nitrogens with zero attached hydrogens (tertiary/aromatic N) is 1. The summed E-state index contributed by atoms with van der Waals surface area (Å²) in [6, 6.07) is 20.5. The minimum atomic E-state index is -0.571. The first-order valence-corrected chi connectivity index (χ1v) is 17.6. The molecule has 0 radical (unpaired) electrons. The maximum Gasteiger partial charge on any atom is 0.410 e. The predicted molar refractivity (Wildman–Crippen MR) is 176 cm³/mol. The van der Waals surface area contributed by atoms with Crippen molar-refractivity contribution in [2.24, 2.45) is 33.5 Å². The minimum Gasteiger partial charge on any atom is -0.440 e. The molecule has 7 aliphatic rings. The number of benzene rings is 2. The zero-order valence-corrected chi connectivity index (χ0v) is 26.9. The number of Topliss-reactive ketones (excluding diaryl/α,β-unsaturated/α-hetero) is 1. The number of rotatable bonds is 4. The van der Waals surface area contributed by atoms with Gasteiger partial charge >= 0.3 is 6.09 Å². The average Bonchev–Trinajstić information content (AvgIpc) is 3.70. The van der Waals surface area contributed by atoms with E-state index in [0.717, 1.165) is 64.6 Å². The van der Waals surface area contributed by atoms with Gasteiger partial charge in [0.1, 0.15) is 5.60 Å². The number of fused-ring (bicyclic) bond motifs is 3. The quantitative estimate of drug-likeness (QED) is 0.236. The van der Waals surface area contributed by atoms with E-state index >= 15 is 0 Å². The second-order valence-electron chi connectivity index (χ2n) is 15.5.